The number of nitrogens with zero attached hydrogens (tertiary/aromatic N) is 3. The molecule has 10 nitrogen and oxygen atoms in total. The predicted octanol–water partition coefficient (Wildman–Crippen LogP) is 4.81. The third-order valence-electron chi connectivity index (χ3n) is 5.36. The van der Waals surface area contributed by atoms with Crippen molar-refractivity contribution >= 4 is 21.8 Å². The zero-order valence-corrected chi connectivity index (χ0v) is 21.6. The van der Waals surface area contributed by atoms with Gasteiger partial charge in [0.2, 0.25) is 5.89 Å². The van der Waals surface area contributed by atoms with Crippen LogP contribution in [0.4, 0.5) is 5.82 Å². The van der Waals surface area contributed by atoms with Gasteiger partial charge in [0.1, 0.15) is 29.4 Å². The molecule has 11 heteroatoms. The van der Waals surface area contributed by atoms with Crippen molar-refractivity contribution in [1.29, 1.82) is 0 Å². The highest BCUT2D eigenvalue weighted by atomic mass is 32.2. The lowest BCUT2D eigenvalue weighted by atomic mass is 10.2. The van der Waals surface area contributed by atoms with Gasteiger partial charge in [-0.1, -0.05) is 25.1 Å². The summed E-state index contributed by atoms with van der Waals surface area (Å²) >= 11 is 0. The number of aryl methyl sites for hydroxylation is 2. The molecule has 0 saturated carbocycles. The van der Waals surface area contributed by atoms with E-state index in [2.05, 4.69) is 14.8 Å². The molecular weight excluding hydrogens is 496 g/mol. The summed E-state index contributed by atoms with van der Waals surface area (Å²) in [6.45, 7) is 6.28. The second-order valence-electron chi connectivity index (χ2n) is 8.13. The third-order valence-corrected chi connectivity index (χ3v) is 6.72. The van der Waals surface area contributed by atoms with Gasteiger partial charge in [0.25, 0.3) is 10.0 Å². The number of sulfonamides is 1. The van der Waals surface area contributed by atoms with Crippen molar-refractivity contribution in [2.45, 2.75) is 45.2 Å². The second kappa shape index (κ2) is 11.3. The fourth-order valence-electron chi connectivity index (χ4n) is 3.52. The lowest BCUT2D eigenvalue weighted by Crippen LogP contribution is -2.16. The molecular formula is C26H28N4O6S. The molecule has 0 bridgehead atoms. The monoisotopic (exact) mass is 524 g/mol. The Bertz CT molecular complexity index is 1460. The Labute approximate surface area is 215 Å². The Balaban J connectivity index is 1.45. The minimum absolute atomic E-state index is 0.0105. The molecule has 2 heterocycles. The Morgan fingerprint density at radius 1 is 1.08 bits per heavy atom. The third kappa shape index (κ3) is 6.18. The first-order valence-corrected chi connectivity index (χ1v) is 13.3. The van der Waals surface area contributed by atoms with E-state index < -0.39 is 16.0 Å². The first kappa shape index (κ1) is 26.0. The van der Waals surface area contributed by atoms with Crippen LogP contribution in [0.25, 0.3) is 11.5 Å². The van der Waals surface area contributed by atoms with Crippen molar-refractivity contribution < 1.29 is 27.1 Å². The lowest BCUT2D eigenvalue weighted by Gasteiger charge is -2.09. The van der Waals surface area contributed by atoms with E-state index in [1.165, 1.54) is 23.0 Å². The van der Waals surface area contributed by atoms with Gasteiger partial charge in [-0.3, -0.25) is 9.40 Å². The minimum Gasteiger partial charge on any atom is -0.487 e. The predicted molar refractivity (Wildman–Crippen MR) is 137 cm³/mol. The average molecular weight is 525 g/mol. The summed E-state index contributed by atoms with van der Waals surface area (Å²) in [6.07, 6.45) is 2.24. The maximum atomic E-state index is 13.0. The van der Waals surface area contributed by atoms with Crippen LogP contribution in [0, 0.1) is 6.92 Å². The van der Waals surface area contributed by atoms with Crippen LogP contribution in [0.1, 0.15) is 42.1 Å². The molecule has 1 N–H and O–H groups in total. The highest BCUT2D eigenvalue weighted by Crippen LogP contribution is 2.24. The molecule has 0 aliphatic rings. The Morgan fingerprint density at radius 2 is 1.81 bits per heavy atom. The number of rotatable bonds is 11. The summed E-state index contributed by atoms with van der Waals surface area (Å²) in [5, 5.41) is 4.21. The normalized spacial score (nSPS) is 11.3. The number of esters is 1. The summed E-state index contributed by atoms with van der Waals surface area (Å²) in [5.41, 5.74) is 1.56. The van der Waals surface area contributed by atoms with Gasteiger partial charge >= 0.3 is 5.97 Å². The van der Waals surface area contributed by atoms with Crippen LogP contribution in [0.2, 0.25) is 0 Å². The molecule has 0 aliphatic heterocycles. The number of aromatic nitrogens is 3. The summed E-state index contributed by atoms with van der Waals surface area (Å²) < 4.78 is 46.5. The summed E-state index contributed by atoms with van der Waals surface area (Å²) in [7, 11) is -4.02. The number of carbonyl (C=O) groups is 1. The largest absolute Gasteiger partial charge is 0.487 e. The Kier molecular flexibility index (Phi) is 7.92. The first-order valence-electron chi connectivity index (χ1n) is 11.8. The summed E-state index contributed by atoms with van der Waals surface area (Å²) in [6, 6.07) is 15.5. The standard InChI is InChI=1S/C26H28N4O6S/c1-4-15-30-16-22(26(31)34-5-2)24(28-30)29-37(32,33)21-13-11-20(12-14-21)35-17-23-18(3)36-25(27-23)19-9-7-6-8-10-19/h6-14,16H,4-5,15,17H2,1-3H3,(H,28,29). The van der Waals surface area contributed by atoms with E-state index in [4.69, 9.17) is 13.9 Å². The molecule has 0 spiro atoms. The van der Waals surface area contributed by atoms with E-state index in [0.717, 1.165) is 12.0 Å². The topological polar surface area (TPSA) is 126 Å². The second-order valence-corrected chi connectivity index (χ2v) is 9.81. The van der Waals surface area contributed by atoms with E-state index in [0.29, 0.717) is 29.6 Å². The summed E-state index contributed by atoms with van der Waals surface area (Å²) in [4.78, 5) is 16.8. The van der Waals surface area contributed by atoms with E-state index in [-0.39, 0.29) is 29.5 Å². The fraction of sp³-hybridized carbons (Fsp3) is 0.269. The smallest absolute Gasteiger partial charge is 0.343 e. The molecule has 2 aromatic heterocycles. The van der Waals surface area contributed by atoms with Crippen molar-refractivity contribution in [3.05, 3.63) is 77.8 Å². The van der Waals surface area contributed by atoms with Crippen LogP contribution >= 0.6 is 0 Å². The van der Waals surface area contributed by atoms with E-state index in [9.17, 15) is 13.2 Å². The number of carbonyl (C=O) groups excluding carboxylic acids is 1. The van der Waals surface area contributed by atoms with Gasteiger partial charge in [0, 0.05) is 18.3 Å². The number of ether oxygens (including phenoxy) is 2. The number of benzene rings is 2. The van der Waals surface area contributed by atoms with Gasteiger partial charge in [-0.2, -0.15) is 5.10 Å². The number of hydrogen-bond acceptors (Lipinski definition) is 8. The molecule has 194 valence electrons. The molecule has 37 heavy (non-hydrogen) atoms. The molecule has 0 radical (unpaired) electrons. The zero-order valence-electron chi connectivity index (χ0n) is 20.8. The molecule has 0 aliphatic carbocycles. The number of anilines is 1. The minimum atomic E-state index is -4.02. The zero-order chi connectivity index (χ0) is 26.4. The van der Waals surface area contributed by atoms with Gasteiger partial charge in [-0.15, -0.1) is 0 Å². The molecule has 2 aromatic carbocycles. The van der Waals surface area contributed by atoms with Crippen LogP contribution < -0.4 is 9.46 Å². The first-order chi connectivity index (χ1) is 17.8. The number of hydrogen-bond donors (Lipinski definition) is 1. The van der Waals surface area contributed by atoms with Crippen molar-refractivity contribution in [1.82, 2.24) is 14.8 Å². The van der Waals surface area contributed by atoms with Crippen LogP contribution in [0.15, 0.2) is 70.1 Å². The quantitative estimate of drug-likeness (QED) is 0.277. The maximum absolute atomic E-state index is 13.0. The van der Waals surface area contributed by atoms with Crippen LogP contribution in [-0.2, 0) is 27.9 Å². The molecule has 4 rings (SSSR count). The van der Waals surface area contributed by atoms with Crippen LogP contribution in [0.3, 0.4) is 0 Å². The van der Waals surface area contributed by atoms with Crippen molar-refractivity contribution in [3.8, 4) is 17.2 Å². The van der Waals surface area contributed by atoms with Crippen LogP contribution in [0.5, 0.6) is 5.75 Å². The highest BCUT2D eigenvalue weighted by molar-refractivity contribution is 7.92. The van der Waals surface area contributed by atoms with Crippen molar-refractivity contribution in [2.75, 3.05) is 11.3 Å². The lowest BCUT2D eigenvalue weighted by molar-refractivity contribution is 0.0527. The SMILES string of the molecule is CCCn1cc(C(=O)OCC)c(NS(=O)(=O)c2ccc(OCc3nc(-c4ccccc4)oc3C)cc2)n1. The fourth-order valence-corrected chi connectivity index (χ4v) is 4.54. The molecule has 0 saturated heterocycles. The van der Waals surface area contributed by atoms with Gasteiger partial charge in [-0.05, 0) is 56.7 Å². The molecule has 0 amide bonds. The molecule has 0 unspecified atom stereocenters. The van der Waals surface area contributed by atoms with E-state index >= 15 is 0 Å². The van der Waals surface area contributed by atoms with E-state index in [1.54, 1.807) is 19.1 Å². The Morgan fingerprint density at radius 3 is 2.49 bits per heavy atom. The number of nitrogens with one attached hydrogen (secondary N) is 1. The molecule has 0 fully saturated rings. The van der Waals surface area contributed by atoms with Crippen LogP contribution in [-0.4, -0.2) is 35.8 Å². The van der Waals surface area contributed by atoms with Crippen molar-refractivity contribution in [3.63, 3.8) is 0 Å². The molecule has 4 aromatic rings. The van der Waals surface area contributed by atoms with Gasteiger partial charge in [0.15, 0.2) is 5.82 Å². The van der Waals surface area contributed by atoms with Gasteiger partial charge in [-0.25, -0.2) is 18.2 Å². The highest BCUT2D eigenvalue weighted by Gasteiger charge is 2.23. The Hall–Kier alpha value is -4.12. The summed E-state index contributed by atoms with van der Waals surface area (Å²) in [5.74, 6) is 0.879. The number of oxazole rings is 1. The van der Waals surface area contributed by atoms with Crippen molar-refractivity contribution in [2.24, 2.45) is 0 Å². The molecule has 0 atom stereocenters. The van der Waals surface area contributed by atoms with E-state index in [1.807, 2.05) is 44.2 Å². The van der Waals surface area contributed by atoms with Gasteiger partial charge in [0.05, 0.1) is 11.5 Å². The van der Waals surface area contributed by atoms with Gasteiger partial charge < -0.3 is 13.9 Å². The maximum Gasteiger partial charge on any atom is 0.343 e. The average Bonchev–Trinajstić information content (AvgIpc) is 3.46.